The molecule has 2 rings (SSSR count). The number of carbonyl (C=O) groups excluding carboxylic acids is 1. The minimum Gasteiger partial charge on any atom is -0.467 e. The molecule has 0 amide bonds. The number of esters is 1. The van der Waals surface area contributed by atoms with Gasteiger partial charge in [-0.1, -0.05) is 30.3 Å². The highest BCUT2D eigenvalue weighted by Crippen LogP contribution is 2.31. The molecule has 5 heteroatoms. The second-order valence-corrected chi connectivity index (χ2v) is 6.82. The molecule has 1 atom stereocenters. The molecule has 1 unspecified atom stereocenters. The maximum atomic E-state index is 12.6. The predicted octanol–water partition coefficient (Wildman–Crippen LogP) is 2.18. The number of hydrogen-bond acceptors (Lipinski definition) is 5. The number of benzene rings is 1. The fourth-order valence-electron chi connectivity index (χ4n) is 2.39. The van der Waals surface area contributed by atoms with Crippen LogP contribution < -0.4 is 5.32 Å². The summed E-state index contributed by atoms with van der Waals surface area (Å²) in [5.74, 6) is 0.394. The first-order valence-electron chi connectivity index (χ1n) is 7.19. The Bertz CT molecular complexity index is 462. The first-order chi connectivity index (χ1) is 10.1. The Kier molecular flexibility index (Phi) is 5.67. The van der Waals surface area contributed by atoms with E-state index in [1.807, 2.05) is 44.2 Å². The number of methoxy groups -OCH3 is 1. The molecule has 0 bridgehead atoms. The van der Waals surface area contributed by atoms with E-state index in [9.17, 15) is 4.79 Å². The first kappa shape index (κ1) is 16.3. The van der Waals surface area contributed by atoms with Crippen molar-refractivity contribution in [1.82, 2.24) is 5.32 Å². The van der Waals surface area contributed by atoms with E-state index >= 15 is 0 Å². The lowest BCUT2D eigenvalue weighted by Crippen LogP contribution is -2.55. The summed E-state index contributed by atoms with van der Waals surface area (Å²) in [5, 5.41) is 3.89. The van der Waals surface area contributed by atoms with Gasteiger partial charge in [-0.2, -0.15) is 11.8 Å². The molecule has 1 aromatic rings. The smallest absolute Gasteiger partial charge is 0.331 e. The lowest BCUT2D eigenvalue weighted by molar-refractivity contribution is -0.148. The SMILES string of the molecule is COC(=O)C(CSC1COC1)(NC(C)C)c1ccccc1. The molecule has 0 aromatic heterocycles. The number of thioether (sulfide) groups is 1. The van der Waals surface area contributed by atoms with Crippen LogP contribution in [-0.4, -0.2) is 43.3 Å². The number of rotatable bonds is 7. The van der Waals surface area contributed by atoms with Crippen molar-refractivity contribution < 1.29 is 14.3 Å². The lowest BCUT2D eigenvalue weighted by Gasteiger charge is -2.36. The number of hydrogen-bond donors (Lipinski definition) is 1. The molecule has 1 heterocycles. The summed E-state index contributed by atoms with van der Waals surface area (Å²) in [7, 11) is 1.44. The molecule has 1 saturated heterocycles. The van der Waals surface area contributed by atoms with Crippen LogP contribution in [0.2, 0.25) is 0 Å². The molecule has 0 radical (unpaired) electrons. The standard InChI is InChI=1S/C16H23NO3S/c1-12(2)17-16(15(18)19-3,11-21-14-9-20-10-14)13-7-5-4-6-8-13/h4-8,12,14,17H,9-11H2,1-3H3. The predicted molar refractivity (Wildman–Crippen MR) is 85.5 cm³/mol. The van der Waals surface area contributed by atoms with Gasteiger partial charge in [0.05, 0.1) is 25.6 Å². The topological polar surface area (TPSA) is 47.6 Å². The van der Waals surface area contributed by atoms with Gasteiger partial charge in [0.1, 0.15) is 0 Å². The Morgan fingerprint density at radius 2 is 2.10 bits per heavy atom. The highest BCUT2D eigenvalue weighted by Gasteiger charge is 2.42. The second kappa shape index (κ2) is 7.29. The van der Waals surface area contributed by atoms with Gasteiger partial charge in [-0.25, -0.2) is 4.79 Å². The minimum atomic E-state index is -0.815. The van der Waals surface area contributed by atoms with Gasteiger partial charge in [-0.15, -0.1) is 0 Å². The summed E-state index contributed by atoms with van der Waals surface area (Å²) in [6, 6.07) is 9.97. The summed E-state index contributed by atoms with van der Waals surface area (Å²) in [6.45, 7) is 5.60. The zero-order valence-electron chi connectivity index (χ0n) is 12.8. The molecule has 1 aliphatic rings. The van der Waals surface area contributed by atoms with Crippen molar-refractivity contribution in [3.63, 3.8) is 0 Å². The molecule has 0 saturated carbocycles. The van der Waals surface area contributed by atoms with Crippen LogP contribution in [0.4, 0.5) is 0 Å². The monoisotopic (exact) mass is 309 g/mol. The van der Waals surface area contributed by atoms with Crippen molar-refractivity contribution in [2.45, 2.75) is 30.7 Å². The average Bonchev–Trinajstić information content (AvgIpc) is 2.44. The van der Waals surface area contributed by atoms with E-state index in [-0.39, 0.29) is 12.0 Å². The lowest BCUT2D eigenvalue weighted by atomic mass is 9.91. The van der Waals surface area contributed by atoms with E-state index < -0.39 is 5.54 Å². The van der Waals surface area contributed by atoms with Crippen molar-refractivity contribution in [2.75, 3.05) is 26.1 Å². The maximum Gasteiger partial charge on any atom is 0.331 e. The number of nitrogens with one attached hydrogen (secondary N) is 1. The molecule has 1 aromatic carbocycles. The molecule has 0 aliphatic carbocycles. The Balaban J connectivity index is 2.29. The molecule has 21 heavy (non-hydrogen) atoms. The number of ether oxygens (including phenoxy) is 2. The van der Waals surface area contributed by atoms with Crippen LogP contribution in [0.25, 0.3) is 0 Å². The summed E-state index contributed by atoms with van der Waals surface area (Å²) in [6.07, 6.45) is 0. The van der Waals surface area contributed by atoms with E-state index in [0.717, 1.165) is 18.8 Å². The van der Waals surface area contributed by atoms with Crippen LogP contribution in [0.3, 0.4) is 0 Å². The van der Waals surface area contributed by atoms with E-state index in [4.69, 9.17) is 9.47 Å². The van der Waals surface area contributed by atoms with Crippen molar-refractivity contribution in [3.8, 4) is 0 Å². The fourth-order valence-corrected chi connectivity index (χ4v) is 3.63. The molecule has 0 spiro atoms. The quantitative estimate of drug-likeness (QED) is 0.782. The van der Waals surface area contributed by atoms with Crippen molar-refractivity contribution >= 4 is 17.7 Å². The van der Waals surface area contributed by atoms with E-state index in [1.54, 1.807) is 11.8 Å². The van der Waals surface area contributed by atoms with Crippen molar-refractivity contribution in [3.05, 3.63) is 35.9 Å². The maximum absolute atomic E-state index is 12.6. The van der Waals surface area contributed by atoms with Gasteiger partial charge in [0.25, 0.3) is 0 Å². The normalized spacial score (nSPS) is 18.1. The van der Waals surface area contributed by atoms with Gasteiger partial charge in [0.2, 0.25) is 0 Å². The Morgan fingerprint density at radius 3 is 2.57 bits per heavy atom. The van der Waals surface area contributed by atoms with Gasteiger partial charge < -0.3 is 9.47 Å². The van der Waals surface area contributed by atoms with Crippen LogP contribution in [0.1, 0.15) is 19.4 Å². The summed E-state index contributed by atoms with van der Waals surface area (Å²) in [4.78, 5) is 12.6. The van der Waals surface area contributed by atoms with Gasteiger partial charge >= 0.3 is 5.97 Å². The number of carbonyl (C=O) groups is 1. The van der Waals surface area contributed by atoms with E-state index in [1.165, 1.54) is 7.11 Å². The van der Waals surface area contributed by atoms with Crippen LogP contribution in [0.15, 0.2) is 30.3 Å². The third kappa shape index (κ3) is 3.78. The van der Waals surface area contributed by atoms with Crippen molar-refractivity contribution in [2.24, 2.45) is 0 Å². The fraction of sp³-hybridized carbons (Fsp3) is 0.562. The van der Waals surface area contributed by atoms with E-state index in [2.05, 4.69) is 5.32 Å². The Morgan fingerprint density at radius 1 is 1.43 bits per heavy atom. The van der Waals surface area contributed by atoms with Gasteiger partial charge in [0, 0.05) is 11.8 Å². The third-order valence-electron chi connectivity index (χ3n) is 3.48. The molecule has 1 N–H and O–H groups in total. The van der Waals surface area contributed by atoms with Crippen LogP contribution in [0, 0.1) is 0 Å². The molecular weight excluding hydrogens is 286 g/mol. The Hall–Kier alpha value is -1.04. The third-order valence-corrected chi connectivity index (χ3v) is 4.82. The van der Waals surface area contributed by atoms with Gasteiger partial charge in [-0.3, -0.25) is 5.32 Å². The zero-order valence-corrected chi connectivity index (χ0v) is 13.6. The average molecular weight is 309 g/mol. The first-order valence-corrected chi connectivity index (χ1v) is 8.24. The Labute approximate surface area is 130 Å². The largest absolute Gasteiger partial charge is 0.467 e. The van der Waals surface area contributed by atoms with Crippen LogP contribution >= 0.6 is 11.8 Å². The van der Waals surface area contributed by atoms with Crippen molar-refractivity contribution in [1.29, 1.82) is 0 Å². The molecule has 116 valence electrons. The molecule has 4 nitrogen and oxygen atoms in total. The highest BCUT2D eigenvalue weighted by atomic mass is 32.2. The minimum absolute atomic E-state index is 0.169. The van der Waals surface area contributed by atoms with E-state index in [0.29, 0.717) is 11.0 Å². The summed E-state index contributed by atoms with van der Waals surface area (Å²) in [5.41, 5.74) is 0.128. The molecule has 1 aliphatic heterocycles. The molecule has 1 fully saturated rings. The summed E-state index contributed by atoms with van der Waals surface area (Å²) >= 11 is 1.76. The molecular formula is C16H23NO3S. The zero-order chi connectivity index (χ0) is 15.3. The second-order valence-electron chi connectivity index (χ2n) is 5.53. The van der Waals surface area contributed by atoms with Gasteiger partial charge in [0.15, 0.2) is 5.54 Å². The van der Waals surface area contributed by atoms with Crippen LogP contribution in [-0.2, 0) is 19.8 Å². The highest BCUT2D eigenvalue weighted by molar-refractivity contribution is 8.00. The van der Waals surface area contributed by atoms with Gasteiger partial charge in [-0.05, 0) is 19.4 Å². The van der Waals surface area contributed by atoms with Crippen LogP contribution in [0.5, 0.6) is 0 Å². The summed E-state index contributed by atoms with van der Waals surface area (Å²) < 4.78 is 10.3.